The van der Waals surface area contributed by atoms with Crippen molar-refractivity contribution < 1.29 is 18.3 Å². The first-order valence-electron chi connectivity index (χ1n) is 5.14. The van der Waals surface area contributed by atoms with E-state index in [2.05, 4.69) is 4.98 Å². The predicted octanol–water partition coefficient (Wildman–Crippen LogP) is 3.12. The molecule has 1 heterocycles. The van der Waals surface area contributed by atoms with E-state index in [1.165, 1.54) is 29.0 Å². The fourth-order valence-electron chi connectivity index (χ4n) is 1.55. The maximum Gasteiger partial charge on any atom is 0.338 e. The normalized spacial score (nSPS) is 11.5. The van der Waals surface area contributed by atoms with Crippen LogP contribution in [0.15, 0.2) is 27.9 Å². The molecule has 0 spiro atoms. The summed E-state index contributed by atoms with van der Waals surface area (Å²) in [5.74, 6) is -1.73. The van der Waals surface area contributed by atoms with Crippen molar-refractivity contribution >= 4 is 50.3 Å². The van der Waals surface area contributed by atoms with Gasteiger partial charge in [0.1, 0.15) is 0 Å². The van der Waals surface area contributed by atoms with E-state index in [1.54, 1.807) is 5.38 Å². The zero-order valence-electron chi connectivity index (χ0n) is 9.71. The second kappa shape index (κ2) is 5.69. The Balaban J connectivity index is 2.53. The van der Waals surface area contributed by atoms with Gasteiger partial charge in [-0.25, -0.2) is 18.2 Å². The largest absolute Gasteiger partial charge is 0.478 e. The summed E-state index contributed by atoms with van der Waals surface area (Å²) in [4.78, 5) is 14.7. The minimum absolute atomic E-state index is 0.116. The van der Waals surface area contributed by atoms with Gasteiger partial charge in [0.05, 0.1) is 37.5 Å². The summed E-state index contributed by atoms with van der Waals surface area (Å²) in [7, 11) is -3.80. The van der Waals surface area contributed by atoms with Crippen molar-refractivity contribution in [2.75, 3.05) is 0 Å². The average Bonchev–Trinajstić information content (AvgIpc) is 2.79. The highest BCUT2D eigenvalue weighted by Crippen LogP contribution is 2.32. The topological polar surface area (TPSA) is 84.3 Å². The van der Waals surface area contributed by atoms with Crippen molar-refractivity contribution in [1.29, 1.82) is 0 Å². The molecule has 0 saturated carbocycles. The van der Waals surface area contributed by atoms with Crippen LogP contribution in [-0.2, 0) is 15.6 Å². The molecule has 0 bridgehead atoms. The molecule has 0 aliphatic carbocycles. The number of thiazole rings is 1. The second-order valence-corrected chi connectivity index (χ2v) is 7.24. The van der Waals surface area contributed by atoms with Gasteiger partial charge in [-0.1, -0.05) is 23.2 Å². The molecule has 9 heteroatoms. The van der Waals surface area contributed by atoms with E-state index in [9.17, 15) is 13.2 Å². The fourth-order valence-corrected chi connectivity index (χ4v) is 4.45. The molecule has 5 nitrogen and oxygen atoms in total. The number of rotatable bonds is 4. The number of hydrogen-bond acceptors (Lipinski definition) is 5. The van der Waals surface area contributed by atoms with Crippen molar-refractivity contribution in [2.45, 2.75) is 10.6 Å². The van der Waals surface area contributed by atoms with Gasteiger partial charge in [-0.2, -0.15) is 0 Å². The van der Waals surface area contributed by atoms with Crippen molar-refractivity contribution in [3.63, 3.8) is 0 Å². The summed E-state index contributed by atoms with van der Waals surface area (Å²) in [6.45, 7) is 0. The van der Waals surface area contributed by atoms with Crippen LogP contribution < -0.4 is 0 Å². The first-order valence-corrected chi connectivity index (χ1v) is 8.49. The number of hydrogen-bond donors (Lipinski definition) is 1. The Morgan fingerprint density at radius 3 is 2.60 bits per heavy atom. The molecule has 0 aliphatic rings. The number of carbonyl (C=O) groups is 1. The lowest BCUT2D eigenvalue weighted by atomic mass is 10.2. The molecular formula is C11H7Cl2NO4S2. The lowest BCUT2D eigenvalue weighted by Gasteiger charge is -2.09. The van der Waals surface area contributed by atoms with Gasteiger partial charge in [-0.05, 0) is 12.1 Å². The van der Waals surface area contributed by atoms with E-state index in [0.29, 0.717) is 5.69 Å². The van der Waals surface area contributed by atoms with Crippen molar-refractivity contribution in [1.82, 2.24) is 4.98 Å². The lowest BCUT2D eigenvalue weighted by Crippen LogP contribution is -2.09. The van der Waals surface area contributed by atoms with Gasteiger partial charge in [0.15, 0.2) is 9.84 Å². The number of halogens is 2. The molecule has 2 aromatic rings. The Morgan fingerprint density at radius 1 is 1.35 bits per heavy atom. The fraction of sp³-hybridized carbons (Fsp3) is 0.0909. The summed E-state index contributed by atoms with van der Waals surface area (Å²) < 4.78 is 24.5. The van der Waals surface area contributed by atoms with E-state index >= 15 is 0 Å². The first-order chi connectivity index (χ1) is 9.33. The number of carboxylic acid groups (broad SMARTS) is 1. The maximum atomic E-state index is 12.3. The van der Waals surface area contributed by atoms with Gasteiger partial charge in [0.2, 0.25) is 0 Å². The summed E-state index contributed by atoms with van der Waals surface area (Å²) in [6.07, 6.45) is 0. The van der Waals surface area contributed by atoms with Crippen molar-refractivity contribution in [3.8, 4) is 0 Å². The quantitative estimate of drug-likeness (QED) is 0.914. The highest BCUT2D eigenvalue weighted by molar-refractivity contribution is 7.90. The number of sulfone groups is 1. The van der Waals surface area contributed by atoms with E-state index in [-0.39, 0.29) is 20.7 Å². The van der Waals surface area contributed by atoms with Gasteiger partial charge in [-0.15, -0.1) is 11.3 Å². The number of carboxylic acids is 1. The predicted molar refractivity (Wildman–Crippen MR) is 76.4 cm³/mol. The van der Waals surface area contributed by atoms with Gasteiger partial charge >= 0.3 is 5.97 Å². The number of nitrogens with zero attached hydrogens (tertiary/aromatic N) is 1. The molecule has 0 amide bonds. The number of aromatic carboxylic acids is 1. The Bertz CT molecular complexity index is 757. The molecule has 0 radical (unpaired) electrons. The molecule has 1 aromatic heterocycles. The molecule has 1 aromatic carbocycles. The van der Waals surface area contributed by atoms with Crippen LogP contribution in [-0.4, -0.2) is 24.5 Å². The highest BCUT2D eigenvalue weighted by Gasteiger charge is 2.25. The first kappa shape index (κ1) is 15.2. The van der Waals surface area contributed by atoms with Crippen LogP contribution in [0.2, 0.25) is 10.0 Å². The minimum atomic E-state index is -3.80. The SMILES string of the molecule is O=C(O)c1c(Cl)ccc(S(=O)(=O)Cc2cscn2)c1Cl. The van der Waals surface area contributed by atoms with E-state index in [0.717, 1.165) is 0 Å². The monoisotopic (exact) mass is 351 g/mol. The van der Waals surface area contributed by atoms with E-state index < -0.39 is 21.4 Å². The van der Waals surface area contributed by atoms with Gasteiger partial charge in [0, 0.05) is 5.38 Å². The van der Waals surface area contributed by atoms with Crippen LogP contribution in [0.4, 0.5) is 0 Å². The smallest absolute Gasteiger partial charge is 0.338 e. The summed E-state index contributed by atoms with van der Waals surface area (Å²) in [5.41, 5.74) is 1.46. The number of benzene rings is 1. The second-order valence-electron chi connectivity index (χ2n) is 3.78. The lowest BCUT2D eigenvalue weighted by molar-refractivity contribution is 0.0697. The van der Waals surface area contributed by atoms with Crippen LogP contribution in [0, 0.1) is 0 Å². The number of aromatic nitrogens is 1. The van der Waals surface area contributed by atoms with E-state index in [1.807, 2.05) is 0 Å². The van der Waals surface area contributed by atoms with Crippen LogP contribution in [0.1, 0.15) is 16.1 Å². The highest BCUT2D eigenvalue weighted by atomic mass is 35.5. The molecule has 106 valence electrons. The Labute approximate surface area is 128 Å². The van der Waals surface area contributed by atoms with Gasteiger partial charge < -0.3 is 5.11 Å². The van der Waals surface area contributed by atoms with Crippen LogP contribution in [0.25, 0.3) is 0 Å². The molecular weight excluding hydrogens is 345 g/mol. The van der Waals surface area contributed by atoms with Crippen LogP contribution in [0.3, 0.4) is 0 Å². The Hall–Kier alpha value is -1.15. The molecule has 0 unspecified atom stereocenters. The molecule has 0 aliphatic heterocycles. The van der Waals surface area contributed by atoms with Crippen molar-refractivity contribution in [2.24, 2.45) is 0 Å². The zero-order valence-corrected chi connectivity index (χ0v) is 12.9. The van der Waals surface area contributed by atoms with Gasteiger partial charge in [0.25, 0.3) is 0 Å². The summed E-state index contributed by atoms with van der Waals surface area (Å²) in [5, 5.41) is 10.1. The van der Waals surface area contributed by atoms with Gasteiger partial charge in [-0.3, -0.25) is 0 Å². The van der Waals surface area contributed by atoms with Crippen LogP contribution in [0.5, 0.6) is 0 Å². The standard InChI is InChI=1S/C11H7Cl2NO4S2/c12-7-1-2-8(10(13)9(7)11(15)16)20(17,18)4-6-3-19-5-14-6/h1-3,5H,4H2,(H,15,16). The molecule has 0 saturated heterocycles. The van der Waals surface area contributed by atoms with E-state index in [4.69, 9.17) is 28.3 Å². The molecule has 0 atom stereocenters. The third-order valence-corrected chi connectivity index (χ3v) is 5.57. The van der Waals surface area contributed by atoms with Crippen molar-refractivity contribution in [3.05, 3.63) is 44.3 Å². The van der Waals surface area contributed by atoms with Crippen LogP contribution >= 0.6 is 34.5 Å². The third-order valence-electron chi connectivity index (χ3n) is 2.43. The average molecular weight is 352 g/mol. The minimum Gasteiger partial charge on any atom is -0.478 e. The Morgan fingerprint density at radius 2 is 2.05 bits per heavy atom. The molecule has 2 rings (SSSR count). The molecule has 20 heavy (non-hydrogen) atoms. The molecule has 1 N–H and O–H groups in total. The Kier molecular flexibility index (Phi) is 4.33. The third kappa shape index (κ3) is 2.95. The molecule has 0 fully saturated rings. The maximum absolute atomic E-state index is 12.3. The zero-order chi connectivity index (χ0) is 14.9. The summed E-state index contributed by atoms with van der Waals surface area (Å²) in [6, 6.07) is 2.39. The summed E-state index contributed by atoms with van der Waals surface area (Å²) >= 11 is 12.9.